The normalized spacial score (nSPS) is 23.2. The van der Waals surface area contributed by atoms with Crippen LogP contribution in [-0.2, 0) is 4.79 Å². The lowest BCUT2D eigenvalue weighted by Gasteiger charge is -2.41. The number of ether oxygens (including phenoxy) is 1. The van der Waals surface area contributed by atoms with Gasteiger partial charge in [0.15, 0.2) is 5.84 Å². The van der Waals surface area contributed by atoms with Crippen LogP contribution in [0.15, 0.2) is 41.5 Å². The minimum atomic E-state index is -0.409. The largest absolute Gasteiger partial charge is 0.483 e. The summed E-state index contributed by atoms with van der Waals surface area (Å²) in [5.41, 5.74) is 5.58. The number of halogens is 1. The van der Waals surface area contributed by atoms with Gasteiger partial charge in [0.1, 0.15) is 24.2 Å². The average Bonchev–Trinajstić information content (AvgIpc) is 2.76. The molecule has 3 heterocycles. The molecule has 2 aromatic carbocycles. The molecule has 156 valence electrons. The summed E-state index contributed by atoms with van der Waals surface area (Å²) in [6.45, 7) is 6.74. The molecule has 2 aromatic rings. The number of hydrazone groups is 1. The van der Waals surface area contributed by atoms with E-state index >= 15 is 0 Å². The second kappa shape index (κ2) is 7.28. The Morgan fingerprint density at radius 1 is 1.17 bits per heavy atom. The molecule has 1 saturated heterocycles. The van der Waals surface area contributed by atoms with Crippen molar-refractivity contribution in [2.24, 2.45) is 5.10 Å². The number of carbonyl (C=O) groups is 1. The van der Waals surface area contributed by atoms with Crippen LogP contribution < -0.4 is 25.3 Å². The molecule has 1 amide bonds. The predicted octanol–water partition coefficient (Wildman–Crippen LogP) is 2.32. The van der Waals surface area contributed by atoms with Crippen molar-refractivity contribution in [2.75, 3.05) is 36.0 Å². The van der Waals surface area contributed by atoms with Crippen LogP contribution >= 0.6 is 0 Å². The van der Waals surface area contributed by atoms with Crippen LogP contribution in [-0.4, -0.2) is 50.1 Å². The second-order valence-electron chi connectivity index (χ2n) is 7.90. The average molecular weight is 409 g/mol. The topological polar surface area (TPSA) is 69.2 Å². The summed E-state index contributed by atoms with van der Waals surface area (Å²) in [6.07, 6.45) is 0. The number of hydrogen-bond donors (Lipinski definition) is 2. The maximum atomic E-state index is 14.8. The number of benzene rings is 2. The van der Waals surface area contributed by atoms with Gasteiger partial charge in [-0.3, -0.25) is 4.79 Å². The van der Waals surface area contributed by atoms with E-state index in [-0.39, 0.29) is 24.4 Å². The van der Waals surface area contributed by atoms with Gasteiger partial charge in [0.2, 0.25) is 0 Å². The number of amidine groups is 1. The first-order valence-corrected chi connectivity index (χ1v) is 10.2. The van der Waals surface area contributed by atoms with Gasteiger partial charge in [-0.2, -0.15) is 5.10 Å². The summed E-state index contributed by atoms with van der Waals surface area (Å²) in [6, 6.07) is 10.5. The van der Waals surface area contributed by atoms with Crippen molar-refractivity contribution in [1.82, 2.24) is 10.7 Å². The van der Waals surface area contributed by atoms with Crippen LogP contribution in [0, 0.1) is 5.82 Å². The Labute approximate surface area is 174 Å². The quantitative estimate of drug-likeness (QED) is 0.797. The van der Waals surface area contributed by atoms with E-state index in [0.717, 1.165) is 36.6 Å². The van der Waals surface area contributed by atoms with Crippen molar-refractivity contribution in [3.05, 3.63) is 42.2 Å². The Kier molecular flexibility index (Phi) is 4.58. The van der Waals surface area contributed by atoms with E-state index in [9.17, 15) is 9.18 Å². The van der Waals surface area contributed by atoms with Gasteiger partial charge in [-0.15, -0.1) is 0 Å². The van der Waals surface area contributed by atoms with Crippen molar-refractivity contribution in [3.63, 3.8) is 0 Å². The molecule has 0 bridgehead atoms. The molecular formula is C22H24FN5O2. The summed E-state index contributed by atoms with van der Waals surface area (Å²) in [7, 11) is 0. The van der Waals surface area contributed by atoms with Crippen molar-refractivity contribution < 1.29 is 13.9 Å². The molecule has 0 radical (unpaired) electrons. The number of fused-ring (bicyclic) bond motifs is 3. The van der Waals surface area contributed by atoms with Crippen LogP contribution in [0.1, 0.15) is 13.8 Å². The molecule has 0 spiro atoms. The van der Waals surface area contributed by atoms with Crippen molar-refractivity contribution in [2.45, 2.75) is 25.9 Å². The molecule has 2 N–H and O–H groups in total. The van der Waals surface area contributed by atoms with E-state index in [1.54, 1.807) is 12.1 Å². The highest BCUT2D eigenvalue weighted by Crippen LogP contribution is 2.44. The number of anilines is 2. The fourth-order valence-corrected chi connectivity index (χ4v) is 4.39. The highest BCUT2D eigenvalue weighted by Gasteiger charge is 2.36. The highest BCUT2D eigenvalue weighted by atomic mass is 19.1. The Hall–Kier alpha value is -3.13. The minimum absolute atomic E-state index is 0.165. The molecular weight excluding hydrogens is 385 g/mol. The molecule has 30 heavy (non-hydrogen) atoms. The number of nitrogens with zero attached hydrogens (tertiary/aromatic N) is 3. The lowest BCUT2D eigenvalue weighted by molar-refractivity contribution is -0.122. The number of carbonyl (C=O) groups excluding carboxylic acids is 1. The monoisotopic (exact) mass is 409 g/mol. The van der Waals surface area contributed by atoms with Gasteiger partial charge in [0, 0.05) is 42.5 Å². The molecule has 2 atom stereocenters. The fraction of sp³-hybridized carbons (Fsp3) is 0.364. The summed E-state index contributed by atoms with van der Waals surface area (Å²) in [4.78, 5) is 16.5. The Bertz CT molecular complexity index is 1040. The summed E-state index contributed by atoms with van der Waals surface area (Å²) >= 11 is 0. The zero-order chi connectivity index (χ0) is 20.8. The van der Waals surface area contributed by atoms with Crippen LogP contribution in [0.5, 0.6) is 5.75 Å². The second-order valence-corrected chi connectivity index (χ2v) is 7.90. The molecule has 0 aliphatic carbocycles. The van der Waals surface area contributed by atoms with E-state index in [1.807, 2.05) is 30.0 Å². The number of piperazine rings is 1. The molecule has 0 saturated carbocycles. The predicted molar refractivity (Wildman–Crippen MR) is 115 cm³/mol. The maximum absolute atomic E-state index is 14.8. The van der Waals surface area contributed by atoms with Gasteiger partial charge in [-0.25, -0.2) is 9.82 Å². The van der Waals surface area contributed by atoms with Gasteiger partial charge < -0.3 is 19.9 Å². The van der Waals surface area contributed by atoms with E-state index < -0.39 is 6.04 Å². The summed E-state index contributed by atoms with van der Waals surface area (Å²) in [5.74, 6) is 0.847. The van der Waals surface area contributed by atoms with Gasteiger partial charge in [0.05, 0.1) is 5.69 Å². The Balaban J connectivity index is 1.71. The third kappa shape index (κ3) is 2.99. The van der Waals surface area contributed by atoms with Gasteiger partial charge >= 0.3 is 0 Å². The zero-order valence-corrected chi connectivity index (χ0v) is 17.0. The van der Waals surface area contributed by atoms with Crippen molar-refractivity contribution in [3.8, 4) is 16.9 Å². The molecule has 3 aliphatic rings. The summed E-state index contributed by atoms with van der Waals surface area (Å²) < 4.78 is 20.8. The maximum Gasteiger partial charge on any atom is 0.262 e. The van der Waals surface area contributed by atoms with Gasteiger partial charge in [0.25, 0.3) is 5.91 Å². The molecule has 5 rings (SSSR count). The standard InChI is InChI=1S/C22H24FN5O2/c1-13-11-24-7-8-27(13)18-10-19-20(9-16(18)15-5-3-4-6-17(15)23)30-12-21-25-26-22(29)14(2)28(19)21/h3-6,9-10,13-14,24H,7-8,11-12H2,1-2H3,(H,26,29). The first kappa shape index (κ1) is 18.9. The first-order chi connectivity index (χ1) is 14.5. The number of amides is 1. The van der Waals surface area contributed by atoms with Crippen LogP contribution in [0.3, 0.4) is 0 Å². The lowest BCUT2D eigenvalue weighted by Crippen LogP contribution is -2.55. The smallest absolute Gasteiger partial charge is 0.262 e. The van der Waals surface area contributed by atoms with Crippen LogP contribution in [0.2, 0.25) is 0 Å². The first-order valence-electron chi connectivity index (χ1n) is 10.2. The number of rotatable bonds is 2. The van der Waals surface area contributed by atoms with Crippen LogP contribution in [0.4, 0.5) is 15.8 Å². The SMILES string of the molecule is CC1CNCCN1c1cc2c(cc1-c1ccccc1F)OCC1=NNC(=O)C(C)N12. The molecule has 3 aliphatic heterocycles. The molecule has 7 nitrogen and oxygen atoms in total. The molecule has 1 fully saturated rings. The van der Waals surface area contributed by atoms with Gasteiger partial charge in [-0.1, -0.05) is 18.2 Å². The van der Waals surface area contributed by atoms with Crippen LogP contribution in [0.25, 0.3) is 11.1 Å². The fourth-order valence-electron chi connectivity index (χ4n) is 4.39. The van der Waals surface area contributed by atoms with Gasteiger partial charge in [-0.05, 0) is 32.0 Å². The molecule has 0 aromatic heterocycles. The Morgan fingerprint density at radius 3 is 2.80 bits per heavy atom. The lowest BCUT2D eigenvalue weighted by atomic mass is 9.98. The van der Waals surface area contributed by atoms with Crippen molar-refractivity contribution >= 4 is 23.1 Å². The van der Waals surface area contributed by atoms with E-state index in [0.29, 0.717) is 17.1 Å². The number of hydrogen-bond acceptors (Lipinski definition) is 6. The highest BCUT2D eigenvalue weighted by molar-refractivity contribution is 6.10. The minimum Gasteiger partial charge on any atom is -0.483 e. The summed E-state index contributed by atoms with van der Waals surface area (Å²) in [5, 5.41) is 7.57. The third-order valence-electron chi connectivity index (χ3n) is 6.01. The number of nitrogens with one attached hydrogen (secondary N) is 2. The zero-order valence-electron chi connectivity index (χ0n) is 17.0. The van der Waals surface area contributed by atoms with E-state index in [2.05, 4.69) is 27.7 Å². The third-order valence-corrected chi connectivity index (χ3v) is 6.01. The van der Waals surface area contributed by atoms with Crippen molar-refractivity contribution in [1.29, 1.82) is 0 Å². The van der Waals surface area contributed by atoms with E-state index in [1.165, 1.54) is 6.07 Å². The molecule has 8 heteroatoms. The van der Waals surface area contributed by atoms with E-state index in [4.69, 9.17) is 4.74 Å². The Morgan fingerprint density at radius 2 is 2.00 bits per heavy atom. The molecule has 2 unspecified atom stereocenters.